The van der Waals surface area contributed by atoms with Crippen molar-refractivity contribution >= 4 is 12.0 Å². The van der Waals surface area contributed by atoms with Gasteiger partial charge in [0.1, 0.15) is 0 Å². The third-order valence-electron chi connectivity index (χ3n) is 2.62. The van der Waals surface area contributed by atoms with Crippen LogP contribution in [0.1, 0.15) is 18.1 Å². The van der Waals surface area contributed by atoms with E-state index >= 15 is 0 Å². The Morgan fingerprint density at radius 1 is 1.50 bits per heavy atom. The highest BCUT2D eigenvalue weighted by Crippen LogP contribution is 2.23. The van der Waals surface area contributed by atoms with Crippen LogP contribution in [0.2, 0.25) is 0 Å². The average molecular weight is 273 g/mol. The molecule has 0 bridgehead atoms. The van der Waals surface area contributed by atoms with Crippen molar-refractivity contribution in [1.29, 1.82) is 0 Å². The summed E-state index contributed by atoms with van der Waals surface area (Å²) in [4.78, 5) is 14.6. The predicted molar refractivity (Wildman–Crippen MR) is 73.6 cm³/mol. The fourth-order valence-corrected chi connectivity index (χ4v) is 1.63. The average Bonchev–Trinajstić information content (AvgIpc) is 2.87. The van der Waals surface area contributed by atoms with E-state index in [1.807, 2.05) is 19.9 Å². The Morgan fingerprint density at radius 3 is 2.90 bits per heavy atom. The zero-order valence-electron chi connectivity index (χ0n) is 11.3. The summed E-state index contributed by atoms with van der Waals surface area (Å²) in [6.45, 7) is 4.61. The van der Waals surface area contributed by atoms with Crippen molar-refractivity contribution in [3.8, 4) is 11.6 Å². The number of aliphatic carboxylic acids is 1. The first-order chi connectivity index (χ1) is 9.58. The number of hydrogen-bond acceptors (Lipinski definition) is 4. The van der Waals surface area contributed by atoms with Crippen LogP contribution in [0.3, 0.4) is 0 Å². The minimum absolute atomic E-state index is 0.480. The number of ether oxygens (including phenoxy) is 1. The Bertz CT molecular complexity index is 647. The summed E-state index contributed by atoms with van der Waals surface area (Å²) in [7, 11) is 0. The van der Waals surface area contributed by atoms with Crippen LogP contribution in [0.15, 0.2) is 30.7 Å². The number of rotatable bonds is 5. The lowest BCUT2D eigenvalue weighted by atomic mass is 10.2. The molecule has 0 amide bonds. The maximum Gasteiger partial charge on any atom is 0.328 e. The van der Waals surface area contributed by atoms with Crippen LogP contribution in [-0.4, -0.2) is 25.8 Å². The van der Waals surface area contributed by atoms with Crippen LogP contribution in [0.25, 0.3) is 6.08 Å². The highest BCUT2D eigenvalue weighted by atomic mass is 16.5. The summed E-state index contributed by atoms with van der Waals surface area (Å²) in [5.74, 6) is 0.111. The van der Waals surface area contributed by atoms with Crippen LogP contribution < -0.4 is 4.74 Å². The molecule has 0 fully saturated rings. The van der Waals surface area contributed by atoms with E-state index in [-0.39, 0.29) is 0 Å². The topological polar surface area (TPSA) is 77.2 Å². The largest absolute Gasteiger partial charge is 0.478 e. The van der Waals surface area contributed by atoms with Gasteiger partial charge in [-0.2, -0.15) is 5.10 Å². The number of aryl methyl sites for hydroxylation is 2. The van der Waals surface area contributed by atoms with Gasteiger partial charge in [0.25, 0.3) is 0 Å². The lowest BCUT2D eigenvalue weighted by Crippen LogP contribution is -1.93. The fraction of sp³-hybridized carbons (Fsp3) is 0.214. The molecule has 6 nitrogen and oxygen atoms in total. The van der Waals surface area contributed by atoms with E-state index in [2.05, 4.69) is 10.1 Å². The van der Waals surface area contributed by atoms with Gasteiger partial charge in [-0.15, -0.1) is 0 Å². The smallest absolute Gasteiger partial charge is 0.328 e. The Labute approximate surface area is 116 Å². The van der Waals surface area contributed by atoms with Gasteiger partial charge in [-0.05, 0) is 31.6 Å². The molecule has 0 aliphatic heterocycles. The molecule has 0 radical (unpaired) electrons. The lowest BCUT2D eigenvalue weighted by molar-refractivity contribution is -0.131. The molecular formula is C14H15N3O3. The Morgan fingerprint density at radius 2 is 2.30 bits per heavy atom. The molecule has 2 rings (SSSR count). The first kappa shape index (κ1) is 13.8. The minimum atomic E-state index is -0.991. The first-order valence-corrected chi connectivity index (χ1v) is 6.16. The molecule has 104 valence electrons. The highest BCUT2D eigenvalue weighted by Gasteiger charge is 2.05. The second-order valence-electron chi connectivity index (χ2n) is 4.20. The molecule has 0 aliphatic carbocycles. The van der Waals surface area contributed by atoms with Gasteiger partial charge in [-0.3, -0.25) is 4.68 Å². The van der Waals surface area contributed by atoms with Crippen molar-refractivity contribution in [2.75, 3.05) is 0 Å². The maximum atomic E-state index is 10.5. The van der Waals surface area contributed by atoms with E-state index < -0.39 is 5.97 Å². The zero-order valence-corrected chi connectivity index (χ0v) is 11.3. The van der Waals surface area contributed by atoms with Crippen molar-refractivity contribution in [3.63, 3.8) is 0 Å². The monoisotopic (exact) mass is 273 g/mol. The van der Waals surface area contributed by atoms with E-state index in [1.54, 1.807) is 23.3 Å². The SMILES string of the molecule is CCn1cc(Oc2ncc(/C=C/C(=O)O)cc2C)cn1. The molecule has 0 aromatic carbocycles. The standard InChI is InChI=1S/C14H15N3O3/c1-3-17-9-12(8-16-17)20-14-10(2)6-11(7-15-14)4-5-13(18)19/h4-9H,3H2,1-2H3,(H,18,19)/b5-4+. The van der Waals surface area contributed by atoms with Crippen molar-refractivity contribution < 1.29 is 14.6 Å². The molecule has 20 heavy (non-hydrogen) atoms. The number of hydrogen-bond donors (Lipinski definition) is 1. The molecule has 2 aromatic rings. The Kier molecular flexibility index (Phi) is 4.14. The van der Waals surface area contributed by atoms with Gasteiger partial charge in [0.15, 0.2) is 5.75 Å². The van der Waals surface area contributed by atoms with E-state index in [9.17, 15) is 4.79 Å². The van der Waals surface area contributed by atoms with Crippen molar-refractivity contribution in [2.24, 2.45) is 0 Å². The van der Waals surface area contributed by atoms with Gasteiger partial charge < -0.3 is 9.84 Å². The van der Waals surface area contributed by atoms with Crippen LogP contribution in [-0.2, 0) is 11.3 Å². The van der Waals surface area contributed by atoms with Crippen LogP contribution in [0.4, 0.5) is 0 Å². The third kappa shape index (κ3) is 3.44. The van der Waals surface area contributed by atoms with E-state index in [1.165, 1.54) is 6.08 Å². The molecule has 0 spiro atoms. The molecule has 1 N–H and O–H groups in total. The molecular weight excluding hydrogens is 258 g/mol. The molecule has 0 atom stereocenters. The van der Waals surface area contributed by atoms with Crippen LogP contribution >= 0.6 is 0 Å². The van der Waals surface area contributed by atoms with Crippen LogP contribution in [0, 0.1) is 6.92 Å². The van der Waals surface area contributed by atoms with E-state index in [4.69, 9.17) is 9.84 Å². The molecule has 0 unspecified atom stereocenters. The fourth-order valence-electron chi connectivity index (χ4n) is 1.63. The molecule has 0 saturated carbocycles. The molecule has 0 aliphatic rings. The number of aromatic nitrogens is 3. The quantitative estimate of drug-likeness (QED) is 0.847. The molecule has 0 saturated heterocycles. The number of carboxylic acid groups (broad SMARTS) is 1. The predicted octanol–water partition coefficient (Wildman–Crippen LogP) is 2.50. The molecule has 2 aromatic heterocycles. The first-order valence-electron chi connectivity index (χ1n) is 6.16. The number of carbonyl (C=O) groups is 1. The number of pyridine rings is 1. The zero-order chi connectivity index (χ0) is 14.5. The van der Waals surface area contributed by atoms with Gasteiger partial charge in [-0.25, -0.2) is 9.78 Å². The lowest BCUT2D eigenvalue weighted by Gasteiger charge is -2.05. The third-order valence-corrected chi connectivity index (χ3v) is 2.62. The number of nitrogens with zero attached hydrogens (tertiary/aromatic N) is 3. The Balaban J connectivity index is 2.15. The minimum Gasteiger partial charge on any atom is -0.478 e. The normalized spacial score (nSPS) is 10.9. The molecule has 6 heteroatoms. The summed E-state index contributed by atoms with van der Waals surface area (Å²) >= 11 is 0. The van der Waals surface area contributed by atoms with Crippen LogP contribution in [0.5, 0.6) is 11.6 Å². The summed E-state index contributed by atoms with van der Waals surface area (Å²) < 4.78 is 7.40. The van der Waals surface area contributed by atoms with E-state index in [0.29, 0.717) is 17.2 Å². The van der Waals surface area contributed by atoms with Crippen molar-refractivity contribution in [1.82, 2.24) is 14.8 Å². The van der Waals surface area contributed by atoms with Gasteiger partial charge in [0, 0.05) is 24.4 Å². The summed E-state index contributed by atoms with van der Waals surface area (Å²) in [6, 6.07) is 1.81. The van der Waals surface area contributed by atoms with Gasteiger partial charge >= 0.3 is 5.97 Å². The second kappa shape index (κ2) is 6.01. The second-order valence-corrected chi connectivity index (χ2v) is 4.20. The highest BCUT2D eigenvalue weighted by molar-refractivity contribution is 5.85. The number of carboxylic acids is 1. The molecule has 2 heterocycles. The maximum absolute atomic E-state index is 10.5. The van der Waals surface area contributed by atoms with Gasteiger partial charge in [-0.1, -0.05) is 0 Å². The Hall–Kier alpha value is -2.63. The summed E-state index contributed by atoms with van der Waals surface area (Å²) in [5.41, 5.74) is 1.53. The van der Waals surface area contributed by atoms with Gasteiger partial charge in [0.2, 0.25) is 5.88 Å². The summed E-state index contributed by atoms with van der Waals surface area (Å²) in [5, 5.41) is 12.7. The van der Waals surface area contributed by atoms with Crippen molar-refractivity contribution in [2.45, 2.75) is 20.4 Å². The van der Waals surface area contributed by atoms with Gasteiger partial charge in [0.05, 0.1) is 12.4 Å². The van der Waals surface area contributed by atoms with Crippen molar-refractivity contribution in [3.05, 3.63) is 41.9 Å². The summed E-state index contributed by atoms with van der Waals surface area (Å²) in [6.07, 6.45) is 7.54. The van der Waals surface area contributed by atoms with E-state index in [0.717, 1.165) is 18.2 Å².